The zero-order valence-corrected chi connectivity index (χ0v) is 13.6. The van der Waals surface area contributed by atoms with Crippen molar-refractivity contribution in [2.75, 3.05) is 26.2 Å². The van der Waals surface area contributed by atoms with Crippen LogP contribution in [0.25, 0.3) is 0 Å². The molecule has 118 valence electrons. The Bertz CT molecular complexity index is 444. The zero-order valence-electron chi connectivity index (χ0n) is 12.8. The van der Waals surface area contributed by atoms with Gasteiger partial charge in [0, 0.05) is 25.2 Å². The van der Waals surface area contributed by atoms with E-state index in [2.05, 4.69) is 5.32 Å². The number of amides is 1. The van der Waals surface area contributed by atoms with E-state index < -0.39 is 0 Å². The van der Waals surface area contributed by atoms with Crippen LogP contribution in [0, 0.1) is 0 Å². The quantitative estimate of drug-likeness (QED) is 0.927. The van der Waals surface area contributed by atoms with Gasteiger partial charge >= 0.3 is 0 Å². The van der Waals surface area contributed by atoms with Gasteiger partial charge in [0.25, 0.3) is 0 Å². The van der Waals surface area contributed by atoms with E-state index in [1.807, 2.05) is 43.0 Å². The van der Waals surface area contributed by atoms with Crippen LogP contribution in [0.1, 0.15) is 25.8 Å². The fraction of sp³-hybridized carbons (Fsp3) is 0.562. The molecule has 1 fully saturated rings. The lowest BCUT2D eigenvalue weighted by Crippen LogP contribution is -2.35. The summed E-state index contributed by atoms with van der Waals surface area (Å²) in [6, 6.07) is 7.82. The van der Waals surface area contributed by atoms with Crippen LogP contribution in [0.3, 0.4) is 0 Å². The van der Waals surface area contributed by atoms with E-state index in [9.17, 15) is 4.79 Å². The van der Waals surface area contributed by atoms with Crippen molar-refractivity contribution in [3.8, 4) is 5.75 Å². The molecule has 1 aromatic rings. The average molecular weight is 313 g/mol. The molecule has 0 unspecified atom stereocenters. The van der Waals surface area contributed by atoms with Gasteiger partial charge in [-0.3, -0.25) is 4.79 Å². The molecule has 1 heterocycles. The van der Waals surface area contributed by atoms with Crippen molar-refractivity contribution in [3.63, 3.8) is 0 Å². The second kappa shape index (κ2) is 8.90. The Morgan fingerprint density at radius 2 is 2.05 bits per heavy atom. The smallest absolute Gasteiger partial charge is 0.227 e. The molecular weight excluding hydrogens is 288 g/mol. The third-order valence-corrected chi connectivity index (χ3v) is 3.37. The van der Waals surface area contributed by atoms with Gasteiger partial charge < -0.3 is 15.0 Å². The van der Waals surface area contributed by atoms with Crippen molar-refractivity contribution < 1.29 is 9.53 Å². The maximum atomic E-state index is 12.4. The highest BCUT2D eigenvalue weighted by Gasteiger charge is 2.17. The molecule has 1 aliphatic heterocycles. The van der Waals surface area contributed by atoms with Crippen molar-refractivity contribution in [3.05, 3.63) is 29.8 Å². The normalized spacial score (nSPS) is 15.3. The van der Waals surface area contributed by atoms with E-state index in [4.69, 9.17) is 4.74 Å². The summed E-state index contributed by atoms with van der Waals surface area (Å²) in [4.78, 5) is 14.4. The zero-order chi connectivity index (χ0) is 14.4. The number of benzene rings is 1. The number of nitrogens with zero attached hydrogens (tertiary/aromatic N) is 1. The Morgan fingerprint density at radius 1 is 1.29 bits per heavy atom. The summed E-state index contributed by atoms with van der Waals surface area (Å²) in [5, 5.41) is 3.31. The van der Waals surface area contributed by atoms with Crippen LogP contribution in [0.5, 0.6) is 5.75 Å². The lowest BCUT2D eigenvalue weighted by atomic mass is 10.1. The first-order valence-corrected chi connectivity index (χ1v) is 7.40. The first-order chi connectivity index (χ1) is 9.66. The third-order valence-electron chi connectivity index (χ3n) is 3.37. The Hall–Kier alpha value is -1.26. The molecule has 1 amide bonds. The van der Waals surface area contributed by atoms with Crippen molar-refractivity contribution in [1.29, 1.82) is 0 Å². The fourth-order valence-corrected chi connectivity index (χ4v) is 2.39. The molecule has 0 saturated carbocycles. The number of carbonyl (C=O) groups excluding carboxylic acids is 1. The summed E-state index contributed by atoms with van der Waals surface area (Å²) < 4.78 is 5.78. The van der Waals surface area contributed by atoms with Crippen molar-refractivity contribution >= 4 is 18.3 Å². The summed E-state index contributed by atoms with van der Waals surface area (Å²) in [7, 11) is 0. The first-order valence-electron chi connectivity index (χ1n) is 7.40. The maximum absolute atomic E-state index is 12.4. The van der Waals surface area contributed by atoms with Gasteiger partial charge in [-0.1, -0.05) is 18.2 Å². The number of hydrogen-bond donors (Lipinski definition) is 1. The Kier molecular flexibility index (Phi) is 7.54. The van der Waals surface area contributed by atoms with Crippen LogP contribution in [0.2, 0.25) is 0 Å². The number of carbonyl (C=O) groups is 1. The summed E-state index contributed by atoms with van der Waals surface area (Å²) in [6.07, 6.45) is 1.56. The number of halogens is 1. The van der Waals surface area contributed by atoms with E-state index in [1.165, 1.54) is 0 Å². The summed E-state index contributed by atoms with van der Waals surface area (Å²) in [6.45, 7) is 7.52. The molecular formula is C16H25ClN2O2. The highest BCUT2D eigenvalue weighted by Crippen LogP contribution is 2.20. The SMILES string of the molecule is CC(C)Oc1ccccc1CC(=O)N1CCCNCC1.Cl. The molecule has 0 aliphatic carbocycles. The largest absolute Gasteiger partial charge is 0.491 e. The number of nitrogens with one attached hydrogen (secondary N) is 1. The van der Waals surface area contributed by atoms with Gasteiger partial charge in [0.1, 0.15) is 5.75 Å². The topological polar surface area (TPSA) is 41.6 Å². The molecule has 1 N–H and O–H groups in total. The minimum atomic E-state index is 0. The summed E-state index contributed by atoms with van der Waals surface area (Å²) in [5.74, 6) is 1.01. The lowest BCUT2D eigenvalue weighted by molar-refractivity contribution is -0.130. The molecule has 0 radical (unpaired) electrons. The van der Waals surface area contributed by atoms with Crippen LogP contribution in [0.15, 0.2) is 24.3 Å². The predicted molar refractivity (Wildman–Crippen MR) is 87.2 cm³/mol. The van der Waals surface area contributed by atoms with Crippen molar-refractivity contribution in [1.82, 2.24) is 10.2 Å². The molecule has 2 rings (SSSR count). The van der Waals surface area contributed by atoms with Crippen LogP contribution < -0.4 is 10.1 Å². The second-order valence-corrected chi connectivity index (χ2v) is 5.44. The number of rotatable bonds is 4. The molecule has 0 atom stereocenters. The third kappa shape index (κ3) is 5.56. The van der Waals surface area contributed by atoms with Gasteiger partial charge in [-0.25, -0.2) is 0 Å². The van der Waals surface area contributed by atoms with Crippen molar-refractivity contribution in [2.45, 2.75) is 32.8 Å². The summed E-state index contributed by atoms with van der Waals surface area (Å²) >= 11 is 0. The van der Waals surface area contributed by atoms with Crippen LogP contribution in [-0.4, -0.2) is 43.1 Å². The molecule has 21 heavy (non-hydrogen) atoms. The van der Waals surface area contributed by atoms with Crippen LogP contribution >= 0.6 is 12.4 Å². The Balaban J connectivity index is 0.00000220. The van der Waals surface area contributed by atoms with Gasteiger partial charge in [0.05, 0.1) is 12.5 Å². The lowest BCUT2D eigenvalue weighted by Gasteiger charge is -2.21. The standard InChI is InChI=1S/C16H24N2O2.ClH/c1-13(2)20-15-7-4-3-6-14(15)12-16(19)18-10-5-8-17-9-11-18;/h3-4,6-7,13,17H,5,8-12H2,1-2H3;1H. The van der Waals surface area contributed by atoms with Gasteiger partial charge in [-0.15, -0.1) is 12.4 Å². The molecule has 0 bridgehead atoms. The highest BCUT2D eigenvalue weighted by atomic mass is 35.5. The Labute approximate surface area is 133 Å². The average Bonchev–Trinajstić information content (AvgIpc) is 2.69. The van der Waals surface area contributed by atoms with E-state index in [-0.39, 0.29) is 24.4 Å². The fourth-order valence-electron chi connectivity index (χ4n) is 2.39. The number of hydrogen-bond acceptors (Lipinski definition) is 3. The molecule has 4 nitrogen and oxygen atoms in total. The van der Waals surface area contributed by atoms with E-state index >= 15 is 0 Å². The van der Waals surface area contributed by atoms with E-state index in [0.29, 0.717) is 6.42 Å². The molecule has 0 aromatic heterocycles. The van der Waals surface area contributed by atoms with Crippen LogP contribution in [0.4, 0.5) is 0 Å². The van der Waals surface area contributed by atoms with Gasteiger partial charge in [0.15, 0.2) is 0 Å². The minimum Gasteiger partial charge on any atom is -0.491 e. The molecule has 1 saturated heterocycles. The van der Waals surface area contributed by atoms with E-state index in [0.717, 1.165) is 43.9 Å². The van der Waals surface area contributed by atoms with Gasteiger partial charge in [-0.2, -0.15) is 0 Å². The number of ether oxygens (including phenoxy) is 1. The highest BCUT2D eigenvalue weighted by molar-refractivity contribution is 5.85. The monoisotopic (exact) mass is 312 g/mol. The summed E-state index contributed by atoms with van der Waals surface area (Å²) in [5.41, 5.74) is 0.975. The van der Waals surface area contributed by atoms with Gasteiger partial charge in [-0.05, 0) is 32.9 Å². The maximum Gasteiger partial charge on any atom is 0.227 e. The molecule has 1 aliphatic rings. The minimum absolute atomic E-state index is 0. The Morgan fingerprint density at radius 3 is 2.81 bits per heavy atom. The second-order valence-electron chi connectivity index (χ2n) is 5.44. The molecule has 1 aromatic carbocycles. The first kappa shape index (κ1) is 17.8. The van der Waals surface area contributed by atoms with Gasteiger partial charge in [0.2, 0.25) is 5.91 Å². The van der Waals surface area contributed by atoms with Crippen molar-refractivity contribution in [2.24, 2.45) is 0 Å². The molecule has 0 spiro atoms. The molecule has 5 heteroatoms. The van der Waals surface area contributed by atoms with E-state index in [1.54, 1.807) is 0 Å². The predicted octanol–water partition coefficient (Wildman–Crippen LogP) is 2.26. The number of para-hydroxylation sites is 1. The van der Waals surface area contributed by atoms with Crippen LogP contribution in [-0.2, 0) is 11.2 Å².